The van der Waals surface area contributed by atoms with Crippen LogP contribution in [0.25, 0.3) is 22.4 Å². The average Bonchev–Trinajstić information content (AvgIpc) is 3.18. The Morgan fingerprint density at radius 2 is 1.67 bits per heavy atom. The Morgan fingerprint density at radius 1 is 0.900 bits per heavy atom. The number of carbonyl (C=O) groups is 1. The molecule has 3 aromatic heterocycles. The molecule has 0 aliphatic heterocycles. The lowest BCUT2D eigenvalue weighted by Gasteiger charge is -2.10. The molecule has 0 fully saturated rings. The van der Waals surface area contributed by atoms with Gasteiger partial charge in [0.1, 0.15) is 5.82 Å². The Balaban J connectivity index is 1.69. The molecule has 8 heteroatoms. The molecule has 3 heterocycles. The molecule has 8 nitrogen and oxygen atoms in total. The molecule has 30 heavy (non-hydrogen) atoms. The summed E-state index contributed by atoms with van der Waals surface area (Å²) in [6.45, 7) is 5.68. The summed E-state index contributed by atoms with van der Waals surface area (Å²) in [7, 11) is 0. The van der Waals surface area contributed by atoms with Gasteiger partial charge in [-0.1, -0.05) is 11.2 Å². The Morgan fingerprint density at radius 3 is 2.33 bits per heavy atom. The minimum absolute atomic E-state index is 0.148. The summed E-state index contributed by atoms with van der Waals surface area (Å²) in [5, 5.41) is 6.55. The zero-order chi connectivity index (χ0) is 21.1. The highest BCUT2D eigenvalue weighted by molar-refractivity contribution is 5.97. The zero-order valence-electron chi connectivity index (χ0n) is 16.9. The second kappa shape index (κ2) is 8.20. The van der Waals surface area contributed by atoms with Crippen LogP contribution in [0.4, 0.5) is 0 Å². The number of hydrogen-bond acceptors (Lipinski definition) is 7. The lowest BCUT2D eigenvalue weighted by Crippen LogP contribution is -2.23. The number of carbonyl (C=O) groups excluding carboxylic acids is 1. The first-order valence-electron chi connectivity index (χ1n) is 9.42. The van der Waals surface area contributed by atoms with E-state index >= 15 is 0 Å². The molecule has 0 bridgehead atoms. The first kappa shape index (κ1) is 19.4. The smallest absolute Gasteiger partial charge is 0.251 e. The first-order chi connectivity index (χ1) is 14.5. The van der Waals surface area contributed by atoms with Crippen LogP contribution in [0.1, 0.15) is 33.5 Å². The lowest BCUT2D eigenvalue weighted by atomic mass is 9.99. The number of aromatic nitrogens is 5. The predicted octanol–water partition coefficient (Wildman–Crippen LogP) is 3.44. The van der Waals surface area contributed by atoms with Crippen molar-refractivity contribution in [2.75, 3.05) is 0 Å². The van der Waals surface area contributed by atoms with E-state index in [1.807, 2.05) is 38.1 Å². The molecule has 0 aliphatic carbocycles. The molecule has 0 spiro atoms. The Bertz CT molecular complexity index is 1120. The maximum absolute atomic E-state index is 12.8. The van der Waals surface area contributed by atoms with Gasteiger partial charge >= 0.3 is 0 Å². The number of pyridine rings is 1. The number of hydrogen-bond donors (Lipinski definition) is 1. The zero-order valence-corrected chi connectivity index (χ0v) is 16.9. The Labute approximate surface area is 173 Å². The molecular weight excluding hydrogens is 380 g/mol. The van der Waals surface area contributed by atoms with Gasteiger partial charge in [0.2, 0.25) is 5.89 Å². The summed E-state index contributed by atoms with van der Waals surface area (Å²) in [5.41, 5.74) is 4.80. The SMILES string of the molecule is Cc1ccc(-c2cc(C(=O)NCc3nc(C)no3)cc(-c3cnc(C)nc3)c2)nc1. The number of aryl methyl sites for hydroxylation is 3. The van der Waals surface area contributed by atoms with Crippen LogP contribution in [0.5, 0.6) is 0 Å². The van der Waals surface area contributed by atoms with Crippen molar-refractivity contribution in [1.29, 1.82) is 0 Å². The Kier molecular flexibility index (Phi) is 5.30. The molecule has 0 saturated heterocycles. The van der Waals surface area contributed by atoms with Crippen molar-refractivity contribution in [3.8, 4) is 22.4 Å². The molecule has 0 unspecified atom stereocenters. The fourth-order valence-electron chi connectivity index (χ4n) is 2.92. The third-order valence-electron chi connectivity index (χ3n) is 4.49. The van der Waals surface area contributed by atoms with E-state index in [0.29, 0.717) is 23.1 Å². The summed E-state index contributed by atoms with van der Waals surface area (Å²) >= 11 is 0. The van der Waals surface area contributed by atoms with E-state index in [4.69, 9.17) is 4.52 Å². The van der Waals surface area contributed by atoms with Gasteiger partial charge in [0.25, 0.3) is 5.91 Å². The number of rotatable bonds is 5. The quantitative estimate of drug-likeness (QED) is 0.547. The summed E-state index contributed by atoms with van der Waals surface area (Å²) in [6.07, 6.45) is 5.29. The van der Waals surface area contributed by atoms with Crippen molar-refractivity contribution in [2.45, 2.75) is 27.3 Å². The predicted molar refractivity (Wildman–Crippen MR) is 110 cm³/mol. The van der Waals surface area contributed by atoms with Crippen LogP contribution in [0.15, 0.2) is 53.4 Å². The van der Waals surface area contributed by atoms with Gasteiger partial charge in [0.05, 0.1) is 12.2 Å². The van der Waals surface area contributed by atoms with E-state index in [9.17, 15) is 4.79 Å². The fraction of sp³-hybridized carbons (Fsp3) is 0.182. The standard InChI is InChI=1S/C22H20N6O2/c1-13-4-5-20(25-9-13)17-6-16(19-10-23-14(2)24-11-19)7-18(8-17)22(29)26-12-21-27-15(3)28-30-21/h4-11H,12H2,1-3H3,(H,26,29). The molecule has 0 saturated carbocycles. The normalized spacial score (nSPS) is 10.8. The number of nitrogens with one attached hydrogen (secondary N) is 1. The first-order valence-corrected chi connectivity index (χ1v) is 9.42. The van der Waals surface area contributed by atoms with Crippen molar-refractivity contribution >= 4 is 5.91 Å². The minimum Gasteiger partial charge on any atom is -0.343 e. The van der Waals surface area contributed by atoms with Gasteiger partial charge in [-0.05, 0) is 56.2 Å². The van der Waals surface area contributed by atoms with Crippen LogP contribution in [0, 0.1) is 20.8 Å². The van der Waals surface area contributed by atoms with Gasteiger partial charge in [0, 0.05) is 35.3 Å². The van der Waals surface area contributed by atoms with Crippen LogP contribution >= 0.6 is 0 Å². The monoisotopic (exact) mass is 400 g/mol. The van der Waals surface area contributed by atoms with E-state index in [2.05, 4.69) is 30.4 Å². The highest BCUT2D eigenvalue weighted by Gasteiger charge is 2.13. The van der Waals surface area contributed by atoms with Crippen LogP contribution < -0.4 is 5.32 Å². The number of amides is 1. The highest BCUT2D eigenvalue weighted by atomic mass is 16.5. The summed E-state index contributed by atoms with van der Waals surface area (Å²) in [6, 6.07) is 9.51. The van der Waals surface area contributed by atoms with Gasteiger partial charge < -0.3 is 9.84 Å². The van der Waals surface area contributed by atoms with Crippen molar-refractivity contribution < 1.29 is 9.32 Å². The Hall–Kier alpha value is -3.94. The molecule has 4 aromatic rings. The van der Waals surface area contributed by atoms with Gasteiger partial charge in [-0.25, -0.2) is 9.97 Å². The average molecular weight is 400 g/mol. The lowest BCUT2D eigenvalue weighted by molar-refractivity contribution is 0.0946. The second-order valence-electron chi connectivity index (χ2n) is 6.96. The van der Waals surface area contributed by atoms with E-state index in [1.165, 1.54) is 0 Å². The van der Waals surface area contributed by atoms with Crippen molar-refractivity contribution in [2.24, 2.45) is 0 Å². The van der Waals surface area contributed by atoms with Crippen LogP contribution in [-0.2, 0) is 6.54 Å². The van der Waals surface area contributed by atoms with Crippen molar-refractivity contribution in [3.63, 3.8) is 0 Å². The summed E-state index contributed by atoms with van der Waals surface area (Å²) < 4.78 is 5.06. The molecule has 1 amide bonds. The summed E-state index contributed by atoms with van der Waals surface area (Å²) in [5.74, 6) is 1.30. The van der Waals surface area contributed by atoms with E-state index < -0.39 is 0 Å². The van der Waals surface area contributed by atoms with Crippen LogP contribution in [0.2, 0.25) is 0 Å². The van der Waals surface area contributed by atoms with Gasteiger partial charge in [-0.15, -0.1) is 0 Å². The third kappa shape index (κ3) is 4.38. The maximum atomic E-state index is 12.8. The molecular formula is C22H20N6O2. The molecule has 4 rings (SSSR count). The fourth-order valence-corrected chi connectivity index (χ4v) is 2.92. The number of nitrogens with zero attached hydrogens (tertiary/aromatic N) is 5. The molecule has 0 radical (unpaired) electrons. The van der Waals surface area contributed by atoms with Crippen molar-refractivity contribution in [3.05, 3.63) is 77.6 Å². The molecule has 150 valence electrons. The van der Waals surface area contributed by atoms with E-state index in [1.54, 1.807) is 31.6 Å². The van der Waals surface area contributed by atoms with Crippen LogP contribution in [-0.4, -0.2) is 31.0 Å². The molecule has 0 atom stereocenters. The highest BCUT2D eigenvalue weighted by Crippen LogP contribution is 2.27. The van der Waals surface area contributed by atoms with Gasteiger partial charge in [-0.3, -0.25) is 9.78 Å². The van der Waals surface area contributed by atoms with Gasteiger partial charge in [-0.2, -0.15) is 4.98 Å². The van der Waals surface area contributed by atoms with Crippen LogP contribution in [0.3, 0.4) is 0 Å². The second-order valence-corrected chi connectivity index (χ2v) is 6.96. The molecule has 1 aromatic carbocycles. The van der Waals surface area contributed by atoms with E-state index in [0.717, 1.165) is 27.9 Å². The topological polar surface area (TPSA) is 107 Å². The molecule has 0 aliphatic rings. The number of benzene rings is 1. The summed E-state index contributed by atoms with van der Waals surface area (Å²) in [4.78, 5) is 30.0. The third-order valence-corrected chi connectivity index (χ3v) is 4.49. The molecule has 1 N–H and O–H groups in total. The van der Waals surface area contributed by atoms with Gasteiger partial charge in [0.15, 0.2) is 5.82 Å². The van der Waals surface area contributed by atoms with E-state index in [-0.39, 0.29) is 12.5 Å². The maximum Gasteiger partial charge on any atom is 0.251 e. The minimum atomic E-state index is -0.255. The largest absolute Gasteiger partial charge is 0.343 e. The van der Waals surface area contributed by atoms with Crippen molar-refractivity contribution in [1.82, 2.24) is 30.4 Å².